The third-order valence-corrected chi connectivity index (χ3v) is 6.95. The lowest BCUT2D eigenvalue weighted by molar-refractivity contribution is 0.401. The second-order valence-corrected chi connectivity index (χ2v) is 9.73. The molecule has 4 rings (SSSR count). The first kappa shape index (κ1) is 21.4. The molecule has 0 saturated carbocycles. The van der Waals surface area contributed by atoms with Gasteiger partial charge >= 0.3 is 0 Å². The summed E-state index contributed by atoms with van der Waals surface area (Å²) in [5.74, 6) is 0.713. The maximum atomic E-state index is 12.9. The zero-order valence-electron chi connectivity index (χ0n) is 17.3. The van der Waals surface area contributed by atoms with Crippen molar-refractivity contribution in [3.63, 3.8) is 0 Å². The fraction of sp³-hybridized carbons (Fsp3) is 0.250. The van der Waals surface area contributed by atoms with Gasteiger partial charge in [-0.1, -0.05) is 0 Å². The van der Waals surface area contributed by atoms with Gasteiger partial charge in [-0.2, -0.15) is 0 Å². The first-order chi connectivity index (χ1) is 14.9. The normalized spacial score (nSPS) is 12.0. The molecule has 0 aliphatic rings. The van der Waals surface area contributed by atoms with Crippen LogP contribution in [0, 0.1) is 0 Å². The number of sulfonamides is 1. The largest absolute Gasteiger partial charge is 0.495 e. The van der Waals surface area contributed by atoms with Crippen LogP contribution in [-0.4, -0.2) is 62.6 Å². The van der Waals surface area contributed by atoms with E-state index in [4.69, 9.17) is 4.74 Å². The summed E-state index contributed by atoms with van der Waals surface area (Å²) in [4.78, 5) is 14.9. The standard InChI is InChI=1S/C20H22N6O3S2/c1-26(2)7-6-24-31(27,28)19-9-14-15(10-17(19)29-3)21-11-22-20(14)25-13-4-5-18-16(8-13)23-12-30-18/h4-5,8-12,24H,6-7H2,1-3H3,(H,21,22,25). The minimum absolute atomic E-state index is 0.0362. The Morgan fingerprint density at radius 2 is 1.94 bits per heavy atom. The van der Waals surface area contributed by atoms with E-state index in [1.54, 1.807) is 22.9 Å². The van der Waals surface area contributed by atoms with Gasteiger partial charge in [0.15, 0.2) is 0 Å². The van der Waals surface area contributed by atoms with Crippen molar-refractivity contribution in [2.24, 2.45) is 0 Å². The SMILES string of the molecule is COc1cc2ncnc(Nc3ccc4scnc4c3)c2cc1S(=O)(=O)NCCN(C)C. The second kappa shape index (κ2) is 8.71. The van der Waals surface area contributed by atoms with E-state index in [9.17, 15) is 8.42 Å². The first-order valence-electron chi connectivity index (χ1n) is 9.45. The third kappa shape index (κ3) is 4.59. The van der Waals surface area contributed by atoms with Gasteiger partial charge in [-0.15, -0.1) is 11.3 Å². The number of ether oxygens (including phenoxy) is 1. The number of nitrogens with zero attached hydrogens (tertiary/aromatic N) is 4. The van der Waals surface area contributed by atoms with Crippen molar-refractivity contribution in [2.45, 2.75) is 4.90 Å². The van der Waals surface area contributed by atoms with E-state index in [1.807, 2.05) is 37.2 Å². The maximum absolute atomic E-state index is 12.9. The Morgan fingerprint density at radius 3 is 2.71 bits per heavy atom. The van der Waals surface area contributed by atoms with E-state index in [-0.39, 0.29) is 17.2 Å². The average molecular weight is 459 g/mol. The van der Waals surface area contributed by atoms with Gasteiger partial charge in [0.05, 0.1) is 28.4 Å². The monoisotopic (exact) mass is 458 g/mol. The molecule has 162 valence electrons. The lowest BCUT2D eigenvalue weighted by Gasteiger charge is -2.15. The van der Waals surface area contributed by atoms with Crippen LogP contribution in [0.25, 0.3) is 21.1 Å². The molecule has 2 heterocycles. The molecule has 2 aromatic heterocycles. The molecule has 2 N–H and O–H groups in total. The van der Waals surface area contributed by atoms with Gasteiger partial charge in [0, 0.05) is 30.2 Å². The predicted molar refractivity (Wildman–Crippen MR) is 123 cm³/mol. The third-order valence-electron chi connectivity index (χ3n) is 4.65. The summed E-state index contributed by atoms with van der Waals surface area (Å²) < 4.78 is 34.9. The number of anilines is 2. The van der Waals surface area contributed by atoms with Gasteiger partial charge in [0.25, 0.3) is 0 Å². The van der Waals surface area contributed by atoms with Crippen LogP contribution in [0.2, 0.25) is 0 Å². The molecule has 0 spiro atoms. The van der Waals surface area contributed by atoms with Crippen molar-refractivity contribution in [1.82, 2.24) is 24.6 Å². The highest BCUT2D eigenvalue weighted by molar-refractivity contribution is 7.89. The van der Waals surface area contributed by atoms with Crippen LogP contribution >= 0.6 is 11.3 Å². The van der Waals surface area contributed by atoms with E-state index in [0.29, 0.717) is 23.3 Å². The molecule has 9 nitrogen and oxygen atoms in total. The molecule has 0 fully saturated rings. The smallest absolute Gasteiger partial charge is 0.244 e. The number of benzene rings is 2. The van der Waals surface area contributed by atoms with Crippen molar-refractivity contribution in [1.29, 1.82) is 0 Å². The Labute approximate surface area is 184 Å². The minimum atomic E-state index is -3.79. The molecule has 0 aliphatic carbocycles. The molecule has 0 unspecified atom stereocenters. The Morgan fingerprint density at radius 1 is 1.10 bits per heavy atom. The van der Waals surface area contributed by atoms with Crippen LogP contribution in [0.3, 0.4) is 0 Å². The summed E-state index contributed by atoms with van der Waals surface area (Å²) in [6.45, 7) is 0.852. The van der Waals surface area contributed by atoms with Gasteiger partial charge in [-0.05, 0) is 38.4 Å². The van der Waals surface area contributed by atoms with Crippen LogP contribution in [0.5, 0.6) is 5.75 Å². The Kier molecular flexibility index (Phi) is 6.01. The predicted octanol–water partition coefficient (Wildman–Crippen LogP) is 2.83. The number of nitrogens with one attached hydrogen (secondary N) is 2. The molecule has 0 radical (unpaired) electrons. The summed E-state index contributed by atoms with van der Waals surface area (Å²) in [6.07, 6.45) is 1.43. The molecule has 0 amide bonds. The van der Waals surface area contributed by atoms with Gasteiger partial charge < -0.3 is 15.0 Å². The number of thiazole rings is 1. The van der Waals surface area contributed by atoms with E-state index in [2.05, 4.69) is 25.0 Å². The number of hydrogen-bond donors (Lipinski definition) is 2. The van der Waals surface area contributed by atoms with Crippen molar-refractivity contribution >= 4 is 54.0 Å². The van der Waals surface area contributed by atoms with E-state index in [0.717, 1.165) is 15.9 Å². The highest BCUT2D eigenvalue weighted by Gasteiger charge is 2.22. The first-order valence-corrected chi connectivity index (χ1v) is 11.8. The van der Waals surface area contributed by atoms with Crippen molar-refractivity contribution in [2.75, 3.05) is 39.6 Å². The minimum Gasteiger partial charge on any atom is -0.495 e. The van der Waals surface area contributed by atoms with E-state index < -0.39 is 10.0 Å². The highest BCUT2D eigenvalue weighted by Crippen LogP contribution is 2.33. The molecule has 0 saturated heterocycles. The number of hydrogen-bond acceptors (Lipinski definition) is 9. The van der Waals surface area contributed by atoms with Crippen LogP contribution in [-0.2, 0) is 10.0 Å². The van der Waals surface area contributed by atoms with Gasteiger partial charge in [-0.25, -0.2) is 28.1 Å². The lowest BCUT2D eigenvalue weighted by atomic mass is 10.2. The molecule has 4 aromatic rings. The summed E-state index contributed by atoms with van der Waals surface area (Å²) in [5, 5.41) is 3.82. The highest BCUT2D eigenvalue weighted by atomic mass is 32.2. The number of likely N-dealkylation sites (N-methyl/N-ethyl adjacent to an activating group) is 1. The Hall–Kier alpha value is -2.86. The fourth-order valence-corrected chi connectivity index (χ4v) is 4.94. The Balaban J connectivity index is 1.74. The number of methoxy groups -OCH3 is 1. The summed E-state index contributed by atoms with van der Waals surface area (Å²) in [7, 11) is 1.40. The van der Waals surface area contributed by atoms with E-state index in [1.165, 1.54) is 19.5 Å². The molecule has 0 aliphatic heterocycles. The van der Waals surface area contributed by atoms with Gasteiger partial charge in [0.1, 0.15) is 22.8 Å². The molecular formula is C20H22N6O3S2. The van der Waals surface area contributed by atoms with Gasteiger partial charge in [0.2, 0.25) is 10.0 Å². The van der Waals surface area contributed by atoms with Crippen LogP contribution in [0.15, 0.2) is 47.1 Å². The van der Waals surface area contributed by atoms with Crippen molar-refractivity contribution in [3.8, 4) is 5.75 Å². The second-order valence-electron chi connectivity index (χ2n) is 7.10. The number of rotatable bonds is 8. The molecule has 0 atom stereocenters. The average Bonchev–Trinajstić information content (AvgIpc) is 3.20. The molecule has 31 heavy (non-hydrogen) atoms. The van der Waals surface area contributed by atoms with Crippen LogP contribution in [0.1, 0.15) is 0 Å². The maximum Gasteiger partial charge on any atom is 0.244 e. The molecule has 0 bridgehead atoms. The zero-order chi connectivity index (χ0) is 22.0. The lowest BCUT2D eigenvalue weighted by Crippen LogP contribution is -2.31. The summed E-state index contributed by atoms with van der Waals surface area (Å²) in [5.41, 5.74) is 4.03. The number of fused-ring (bicyclic) bond motifs is 2. The molecule has 11 heteroatoms. The van der Waals surface area contributed by atoms with Crippen LogP contribution in [0.4, 0.5) is 11.5 Å². The summed E-state index contributed by atoms with van der Waals surface area (Å²) in [6, 6.07) is 8.97. The topological polar surface area (TPSA) is 109 Å². The van der Waals surface area contributed by atoms with Crippen molar-refractivity contribution < 1.29 is 13.2 Å². The van der Waals surface area contributed by atoms with Gasteiger partial charge in [-0.3, -0.25) is 0 Å². The van der Waals surface area contributed by atoms with Crippen molar-refractivity contribution in [3.05, 3.63) is 42.2 Å². The van der Waals surface area contributed by atoms with E-state index >= 15 is 0 Å². The Bertz CT molecular complexity index is 1340. The number of aromatic nitrogens is 3. The molecular weight excluding hydrogens is 436 g/mol. The molecule has 2 aromatic carbocycles. The fourth-order valence-electron chi connectivity index (χ4n) is 3.09. The zero-order valence-corrected chi connectivity index (χ0v) is 18.9. The summed E-state index contributed by atoms with van der Waals surface area (Å²) >= 11 is 1.57. The van der Waals surface area contributed by atoms with Crippen LogP contribution < -0.4 is 14.8 Å². The quantitative estimate of drug-likeness (QED) is 0.415.